The molecule has 0 spiro atoms. The molecule has 1 fully saturated rings. The van der Waals surface area contributed by atoms with Gasteiger partial charge in [0.05, 0.1) is 17.1 Å². The average molecular weight is 380 g/mol. The first-order valence-electron chi connectivity index (χ1n) is 9.77. The zero-order valence-corrected chi connectivity index (χ0v) is 16.7. The molecule has 1 aromatic heterocycles. The smallest absolute Gasteiger partial charge is 0.0743 e. The van der Waals surface area contributed by atoms with E-state index in [2.05, 4.69) is 65.9 Å². The van der Waals surface area contributed by atoms with Gasteiger partial charge in [-0.25, -0.2) is 4.68 Å². The van der Waals surface area contributed by atoms with Gasteiger partial charge in [0.1, 0.15) is 0 Å². The molecule has 3 nitrogen and oxygen atoms in total. The van der Waals surface area contributed by atoms with Crippen LogP contribution < -0.4 is 0 Å². The van der Waals surface area contributed by atoms with Crippen molar-refractivity contribution in [2.24, 2.45) is 0 Å². The van der Waals surface area contributed by atoms with Crippen molar-refractivity contribution in [3.8, 4) is 16.9 Å². The third kappa shape index (κ3) is 3.95. The van der Waals surface area contributed by atoms with Gasteiger partial charge in [0.2, 0.25) is 0 Å². The van der Waals surface area contributed by atoms with Crippen molar-refractivity contribution in [1.82, 2.24) is 14.7 Å². The number of nitrogens with zero attached hydrogens (tertiary/aromatic N) is 3. The summed E-state index contributed by atoms with van der Waals surface area (Å²) in [6, 6.07) is 21.3. The van der Waals surface area contributed by atoms with Crippen LogP contribution in [-0.2, 0) is 0 Å². The second-order valence-electron chi connectivity index (χ2n) is 7.61. The fourth-order valence-electron chi connectivity index (χ4n) is 3.90. The van der Waals surface area contributed by atoms with Gasteiger partial charge in [0, 0.05) is 22.5 Å². The summed E-state index contributed by atoms with van der Waals surface area (Å²) in [5.41, 5.74) is 4.56. The molecule has 1 aliphatic heterocycles. The lowest BCUT2D eigenvalue weighted by Crippen LogP contribution is -2.37. The highest BCUT2D eigenvalue weighted by Crippen LogP contribution is 2.33. The zero-order chi connectivity index (χ0) is 18.8. The summed E-state index contributed by atoms with van der Waals surface area (Å²) in [5, 5.41) is 5.79. The minimum absolute atomic E-state index is 0.524. The van der Waals surface area contributed by atoms with E-state index in [0.717, 1.165) is 35.1 Å². The quantitative estimate of drug-likeness (QED) is 0.572. The highest BCUT2D eigenvalue weighted by atomic mass is 35.5. The number of halogens is 1. The lowest BCUT2D eigenvalue weighted by atomic mass is 9.92. The highest BCUT2D eigenvalue weighted by Gasteiger charge is 2.25. The molecule has 0 atom stereocenters. The SMILES string of the molecule is CC(C)N1CCC(c2cc(-c3ccc(Cl)cc3)n(-c3ccccc3)n2)CC1. The van der Waals surface area contributed by atoms with E-state index in [1.54, 1.807) is 0 Å². The lowest BCUT2D eigenvalue weighted by molar-refractivity contribution is 0.170. The summed E-state index contributed by atoms with van der Waals surface area (Å²) >= 11 is 6.09. The summed E-state index contributed by atoms with van der Waals surface area (Å²) in [6.45, 7) is 6.86. The van der Waals surface area contributed by atoms with E-state index >= 15 is 0 Å². The Morgan fingerprint density at radius 3 is 2.26 bits per heavy atom. The van der Waals surface area contributed by atoms with E-state index in [4.69, 9.17) is 16.7 Å². The molecular weight excluding hydrogens is 354 g/mol. The van der Waals surface area contributed by atoms with Gasteiger partial charge >= 0.3 is 0 Å². The van der Waals surface area contributed by atoms with Gasteiger partial charge in [-0.15, -0.1) is 0 Å². The third-order valence-corrected chi connectivity index (χ3v) is 5.80. The Labute approximate surface area is 166 Å². The largest absolute Gasteiger partial charge is 0.301 e. The Morgan fingerprint density at radius 2 is 1.63 bits per heavy atom. The van der Waals surface area contributed by atoms with Crippen LogP contribution in [-0.4, -0.2) is 33.8 Å². The molecule has 1 saturated heterocycles. The summed E-state index contributed by atoms with van der Waals surface area (Å²) in [7, 11) is 0. The third-order valence-electron chi connectivity index (χ3n) is 5.55. The van der Waals surface area contributed by atoms with Crippen LogP contribution in [0.25, 0.3) is 16.9 Å². The first-order valence-corrected chi connectivity index (χ1v) is 10.1. The molecule has 140 valence electrons. The molecule has 0 amide bonds. The van der Waals surface area contributed by atoms with Gasteiger partial charge in [-0.1, -0.05) is 41.9 Å². The van der Waals surface area contributed by atoms with Crippen LogP contribution in [0, 0.1) is 0 Å². The molecule has 3 aromatic rings. The van der Waals surface area contributed by atoms with Crippen molar-refractivity contribution in [1.29, 1.82) is 0 Å². The van der Waals surface area contributed by atoms with Crippen LogP contribution in [0.4, 0.5) is 0 Å². The fourth-order valence-corrected chi connectivity index (χ4v) is 4.03. The normalized spacial score (nSPS) is 16.1. The molecule has 4 rings (SSSR count). The molecule has 0 saturated carbocycles. The molecule has 0 bridgehead atoms. The maximum absolute atomic E-state index is 6.09. The predicted octanol–water partition coefficient (Wildman–Crippen LogP) is 5.78. The van der Waals surface area contributed by atoms with Gasteiger partial charge in [0.15, 0.2) is 0 Å². The molecule has 2 heterocycles. The summed E-state index contributed by atoms with van der Waals surface area (Å²) in [6.07, 6.45) is 2.34. The first kappa shape index (κ1) is 18.3. The lowest BCUT2D eigenvalue weighted by Gasteiger charge is -2.33. The van der Waals surface area contributed by atoms with Crippen LogP contribution in [0.15, 0.2) is 60.7 Å². The minimum atomic E-state index is 0.524. The maximum atomic E-state index is 6.09. The van der Waals surface area contributed by atoms with Crippen LogP contribution >= 0.6 is 11.6 Å². The topological polar surface area (TPSA) is 21.1 Å². The standard InChI is InChI=1S/C23H26ClN3/c1-17(2)26-14-12-18(13-15-26)22-16-23(19-8-10-20(24)11-9-19)27(25-22)21-6-4-3-5-7-21/h3-11,16-18H,12-15H2,1-2H3. The molecule has 0 aliphatic carbocycles. The van der Waals surface area contributed by atoms with Gasteiger partial charge < -0.3 is 4.90 Å². The average Bonchev–Trinajstić information content (AvgIpc) is 3.15. The second kappa shape index (κ2) is 7.87. The van der Waals surface area contributed by atoms with E-state index in [0.29, 0.717) is 12.0 Å². The number of hydrogen-bond acceptors (Lipinski definition) is 2. The predicted molar refractivity (Wildman–Crippen MR) is 113 cm³/mol. The monoisotopic (exact) mass is 379 g/mol. The number of benzene rings is 2. The Morgan fingerprint density at radius 1 is 0.963 bits per heavy atom. The number of para-hydroxylation sites is 1. The first-order chi connectivity index (χ1) is 13.1. The van der Waals surface area contributed by atoms with Crippen molar-refractivity contribution in [3.05, 3.63) is 71.4 Å². The van der Waals surface area contributed by atoms with Crippen molar-refractivity contribution in [2.75, 3.05) is 13.1 Å². The Bertz CT molecular complexity index is 876. The number of likely N-dealkylation sites (tertiary alicyclic amines) is 1. The van der Waals surface area contributed by atoms with E-state index in [1.165, 1.54) is 18.5 Å². The van der Waals surface area contributed by atoms with Crippen LogP contribution in [0.3, 0.4) is 0 Å². The molecule has 0 N–H and O–H groups in total. The molecule has 0 radical (unpaired) electrons. The van der Waals surface area contributed by atoms with Crippen LogP contribution in [0.1, 0.15) is 38.3 Å². The van der Waals surface area contributed by atoms with Gasteiger partial charge in [-0.3, -0.25) is 0 Å². The van der Waals surface area contributed by atoms with Crippen molar-refractivity contribution in [3.63, 3.8) is 0 Å². The van der Waals surface area contributed by atoms with Gasteiger partial charge in [0.25, 0.3) is 0 Å². The number of rotatable bonds is 4. The van der Waals surface area contributed by atoms with Crippen LogP contribution in [0.5, 0.6) is 0 Å². The maximum Gasteiger partial charge on any atom is 0.0743 e. The summed E-state index contributed by atoms with van der Waals surface area (Å²) in [5.74, 6) is 0.524. The molecule has 27 heavy (non-hydrogen) atoms. The highest BCUT2D eigenvalue weighted by molar-refractivity contribution is 6.30. The van der Waals surface area contributed by atoms with E-state index in [1.807, 2.05) is 18.2 Å². The number of aromatic nitrogens is 2. The number of piperidine rings is 1. The Hall–Kier alpha value is -2.10. The molecule has 4 heteroatoms. The van der Waals surface area contributed by atoms with Gasteiger partial charge in [-0.2, -0.15) is 5.10 Å². The molecule has 2 aromatic carbocycles. The van der Waals surface area contributed by atoms with Crippen molar-refractivity contribution >= 4 is 11.6 Å². The zero-order valence-electron chi connectivity index (χ0n) is 16.0. The summed E-state index contributed by atoms with van der Waals surface area (Å²) in [4.78, 5) is 2.56. The Balaban J connectivity index is 1.69. The molecule has 1 aliphatic rings. The Kier molecular flexibility index (Phi) is 5.33. The minimum Gasteiger partial charge on any atom is -0.301 e. The fraction of sp³-hybridized carbons (Fsp3) is 0.348. The van der Waals surface area contributed by atoms with E-state index < -0.39 is 0 Å². The summed E-state index contributed by atoms with van der Waals surface area (Å²) < 4.78 is 2.08. The number of hydrogen-bond donors (Lipinski definition) is 0. The van der Waals surface area contributed by atoms with Crippen molar-refractivity contribution in [2.45, 2.75) is 38.6 Å². The molecular formula is C23H26ClN3. The molecule has 0 unspecified atom stereocenters. The van der Waals surface area contributed by atoms with Crippen LogP contribution in [0.2, 0.25) is 5.02 Å². The van der Waals surface area contributed by atoms with Gasteiger partial charge in [-0.05, 0) is 70.1 Å². The van der Waals surface area contributed by atoms with E-state index in [9.17, 15) is 0 Å². The van der Waals surface area contributed by atoms with Crippen molar-refractivity contribution < 1.29 is 0 Å². The second-order valence-corrected chi connectivity index (χ2v) is 8.05. The van der Waals surface area contributed by atoms with E-state index in [-0.39, 0.29) is 0 Å².